The van der Waals surface area contributed by atoms with E-state index in [1.54, 1.807) is 11.9 Å². The number of rotatable bonds is 0. The molecule has 2 rings (SSSR count). The summed E-state index contributed by atoms with van der Waals surface area (Å²) in [6, 6.07) is 0. The van der Waals surface area contributed by atoms with Crippen LogP contribution in [0.4, 0.5) is 0 Å². The Kier molecular flexibility index (Phi) is 1.88. The molecule has 1 atom stereocenters. The second-order valence-electron chi connectivity index (χ2n) is 5.61. The zero-order chi connectivity index (χ0) is 11.4. The largest absolute Gasteiger partial charge is 0.341 e. The van der Waals surface area contributed by atoms with Gasteiger partial charge in [-0.3, -0.25) is 9.59 Å². The Hall–Kier alpha value is -1.12. The molecule has 2 aliphatic rings. The van der Waals surface area contributed by atoms with Crippen LogP contribution < -0.4 is 0 Å². The van der Waals surface area contributed by atoms with Gasteiger partial charge in [0.15, 0.2) is 5.78 Å². The lowest BCUT2D eigenvalue weighted by Crippen LogP contribution is -2.36. The topological polar surface area (TPSA) is 37.4 Å². The smallest absolute Gasteiger partial charge is 0.240 e. The van der Waals surface area contributed by atoms with E-state index in [-0.39, 0.29) is 17.1 Å². The van der Waals surface area contributed by atoms with Crippen LogP contribution in [0.25, 0.3) is 0 Å². The molecule has 1 unspecified atom stereocenters. The van der Waals surface area contributed by atoms with Crippen LogP contribution in [0.5, 0.6) is 0 Å². The first-order valence-corrected chi connectivity index (χ1v) is 5.27. The molecule has 1 heterocycles. The van der Waals surface area contributed by atoms with Crippen LogP contribution in [0.2, 0.25) is 0 Å². The van der Waals surface area contributed by atoms with Crippen LogP contribution in [0.3, 0.4) is 0 Å². The Labute approximate surface area is 90.1 Å². The van der Waals surface area contributed by atoms with Crippen molar-refractivity contribution in [3.05, 3.63) is 12.2 Å². The zero-order valence-electron chi connectivity index (χ0n) is 9.59. The van der Waals surface area contributed by atoms with Crippen LogP contribution in [0, 0.1) is 10.8 Å². The van der Waals surface area contributed by atoms with Gasteiger partial charge < -0.3 is 4.90 Å². The van der Waals surface area contributed by atoms with Crippen molar-refractivity contribution in [2.24, 2.45) is 10.8 Å². The monoisotopic (exact) mass is 207 g/mol. The van der Waals surface area contributed by atoms with Gasteiger partial charge in [-0.05, 0) is 17.4 Å². The number of nitrogens with zero attached hydrogens (tertiary/aromatic N) is 1. The lowest BCUT2D eigenvalue weighted by molar-refractivity contribution is -0.140. The van der Waals surface area contributed by atoms with Gasteiger partial charge in [0.25, 0.3) is 0 Å². The summed E-state index contributed by atoms with van der Waals surface area (Å²) >= 11 is 0. The van der Waals surface area contributed by atoms with Gasteiger partial charge in [0.05, 0.1) is 0 Å². The average molecular weight is 207 g/mol. The van der Waals surface area contributed by atoms with E-state index < -0.39 is 5.41 Å². The van der Waals surface area contributed by atoms with Crippen molar-refractivity contribution in [1.29, 1.82) is 0 Å². The average Bonchev–Trinajstić information content (AvgIpc) is 2.44. The number of likely N-dealkylation sites (N-methyl/N-ethyl adjacent to an activating group) is 1. The molecule has 15 heavy (non-hydrogen) atoms. The second-order valence-corrected chi connectivity index (χ2v) is 5.61. The van der Waals surface area contributed by atoms with Gasteiger partial charge in [-0.25, -0.2) is 0 Å². The summed E-state index contributed by atoms with van der Waals surface area (Å²) in [5.74, 6) is 0.00919. The Morgan fingerprint density at radius 3 is 2.27 bits per heavy atom. The summed E-state index contributed by atoms with van der Waals surface area (Å²) in [6.45, 7) is 8.53. The summed E-state index contributed by atoms with van der Waals surface area (Å²) in [4.78, 5) is 25.8. The van der Waals surface area contributed by atoms with E-state index in [0.29, 0.717) is 19.4 Å². The van der Waals surface area contributed by atoms with E-state index in [9.17, 15) is 9.59 Å². The summed E-state index contributed by atoms with van der Waals surface area (Å²) in [5.41, 5.74) is -0.162. The van der Waals surface area contributed by atoms with Crippen LogP contribution in [-0.4, -0.2) is 30.2 Å². The molecule has 0 radical (unpaired) electrons. The van der Waals surface area contributed by atoms with E-state index in [1.165, 1.54) is 0 Å². The van der Waals surface area contributed by atoms with Crippen molar-refractivity contribution in [3.8, 4) is 0 Å². The molecular formula is C12H17NO2. The minimum Gasteiger partial charge on any atom is -0.341 e. The molecule has 0 N–H and O–H groups in total. The fraction of sp³-hybridized carbons (Fsp3) is 0.667. The number of carbonyl (C=O) groups excluding carboxylic acids is 2. The number of Topliss-reactive ketones (excluding diaryl/α,β-unsaturated/α-hetero) is 1. The summed E-state index contributed by atoms with van der Waals surface area (Å²) < 4.78 is 0. The molecule has 2 fully saturated rings. The third-order valence-corrected chi connectivity index (χ3v) is 3.60. The Morgan fingerprint density at radius 2 is 1.93 bits per heavy atom. The molecule has 3 heteroatoms. The van der Waals surface area contributed by atoms with Gasteiger partial charge in [-0.15, -0.1) is 0 Å². The number of carbonyl (C=O) groups is 2. The number of hydrogen-bond acceptors (Lipinski definition) is 2. The highest BCUT2D eigenvalue weighted by Gasteiger charge is 2.60. The maximum absolute atomic E-state index is 12.1. The van der Waals surface area contributed by atoms with Crippen LogP contribution in [0.1, 0.15) is 26.7 Å². The summed E-state index contributed by atoms with van der Waals surface area (Å²) in [7, 11) is 1.74. The van der Waals surface area contributed by atoms with E-state index in [2.05, 4.69) is 6.58 Å². The molecule has 1 aliphatic heterocycles. The fourth-order valence-electron chi connectivity index (χ4n) is 2.95. The minimum atomic E-state index is -0.877. The lowest BCUT2D eigenvalue weighted by Gasteiger charge is -2.23. The van der Waals surface area contributed by atoms with Gasteiger partial charge in [-0.2, -0.15) is 0 Å². The Morgan fingerprint density at radius 1 is 1.33 bits per heavy atom. The second kappa shape index (κ2) is 2.71. The zero-order valence-corrected chi connectivity index (χ0v) is 9.59. The predicted molar refractivity (Wildman–Crippen MR) is 57.2 cm³/mol. The number of likely N-dealkylation sites (tertiary alicyclic amines) is 1. The van der Waals surface area contributed by atoms with E-state index in [0.717, 1.165) is 5.57 Å². The predicted octanol–water partition coefficient (Wildman–Crippen LogP) is 1.39. The fourth-order valence-corrected chi connectivity index (χ4v) is 2.95. The Bertz CT molecular complexity index is 370. The van der Waals surface area contributed by atoms with E-state index in [4.69, 9.17) is 0 Å². The molecule has 0 aromatic heterocycles. The van der Waals surface area contributed by atoms with Crippen molar-refractivity contribution in [2.75, 3.05) is 13.6 Å². The molecule has 3 nitrogen and oxygen atoms in total. The molecule has 0 aromatic rings. The molecule has 1 saturated carbocycles. The van der Waals surface area contributed by atoms with Crippen LogP contribution in [0.15, 0.2) is 12.2 Å². The molecule has 1 amide bonds. The quantitative estimate of drug-likeness (QED) is 0.444. The molecule has 0 aromatic carbocycles. The molecule has 1 saturated heterocycles. The van der Waals surface area contributed by atoms with E-state index >= 15 is 0 Å². The van der Waals surface area contributed by atoms with Gasteiger partial charge in [0.1, 0.15) is 5.41 Å². The lowest BCUT2D eigenvalue weighted by atomic mass is 9.77. The Balaban J connectivity index is 2.47. The van der Waals surface area contributed by atoms with Gasteiger partial charge >= 0.3 is 0 Å². The van der Waals surface area contributed by atoms with Crippen molar-refractivity contribution in [1.82, 2.24) is 4.90 Å². The molecule has 82 valence electrons. The maximum Gasteiger partial charge on any atom is 0.240 e. The highest BCUT2D eigenvalue weighted by Crippen LogP contribution is 2.53. The van der Waals surface area contributed by atoms with E-state index in [1.807, 2.05) is 13.8 Å². The van der Waals surface area contributed by atoms with Crippen molar-refractivity contribution < 1.29 is 9.59 Å². The third-order valence-electron chi connectivity index (χ3n) is 3.60. The number of hydrogen-bond donors (Lipinski definition) is 0. The van der Waals surface area contributed by atoms with Crippen LogP contribution in [-0.2, 0) is 9.59 Å². The molecular weight excluding hydrogens is 190 g/mol. The number of amides is 1. The third kappa shape index (κ3) is 1.18. The molecule has 1 aliphatic carbocycles. The highest BCUT2D eigenvalue weighted by atomic mass is 16.2. The summed E-state index contributed by atoms with van der Waals surface area (Å²) in [6.07, 6.45) is 1.12. The van der Waals surface area contributed by atoms with Crippen molar-refractivity contribution in [3.63, 3.8) is 0 Å². The van der Waals surface area contributed by atoms with Gasteiger partial charge in [-0.1, -0.05) is 20.4 Å². The first-order valence-electron chi connectivity index (χ1n) is 5.27. The highest BCUT2D eigenvalue weighted by molar-refractivity contribution is 6.12. The van der Waals surface area contributed by atoms with Gasteiger partial charge in [0.2, 0.25) is 5.91 Å². The van der Waals surface area contributed by atoms with Gasteiger partial charge in [0, 0.05) is 20.0 Å². The molecule has 1 spiro atoms. The molecule has 0 bridgehead atoms. The first-order chi connectivity index (χ1) is 6.79. The number of ketones is 1. The van der Waals surface area contributed by atoms with Crippen molar-refractivity contribution in [2.45, 2.75) is 26.7 Å². The maximum atomic E-state index is 12.1. The first kappa shape index (κ1) is 10.4. The summed E-state index contributed by atoms with van der Waals surface area (Å²) in [5, 5.41) is 0. The minimum absolute atomic E-state index is 0.0527. The van der Waals surface area contributed by atoms with Crippen LogP contribution >= 0.6 is 0 Å². The standard InChI is InChI=1S/C12H17NO2/c1-8-6-13(4)10(15)12(8)7-11(2,3)5-9(12)14/h1,5-7H2,2-4H3. The van der Waals surface area contributed by atoms with Crippen molar-refractivity contribution >= 4 is 11.7 Å². The normalized spacial score (nSPS) is 34.6. The SMILES string of the molecule is C=C1CN(C)C(=O)C12CC(C)(C)CC2=O.